The second-order valence-electron chi connectivity index (χ2n) is 5.44. The van der Waals surface area contributed by atoms with Crippen molar-refractivity contribution in [1.82, 2.24) is 10.3 Å². The minimum absolute atomic E-state index is 0.0237. The fraction of sp³-hybridized carbons (Fsp3) is 0.111. The molecule has 4 nitrogen and oxygen atoms in total. The predicted octanol–water partition coefficient (Wildman–Crippen LogP) is 3.56. The fourth-order valence-corrected chi connectivity index (χ4v) is 2.79. The van der Waals surface area contributed by atoms with Crippen LogP contribution in [0.15, 0.2) is 47.3 Å². The van der Waals surface area contributed by atoms with E-state index in [4.69, 9.17) is 11.6 Å². The maximum absolute atomic E-state index is 13.7. The van der Waals surface area contributed by atoms with Crippen molar-refractivity contribution in [3.05, 3.63) is 80.3 Å². The van der Waals surface area contributed by atoms with Crippen molar-refractivity contribution < 1.29 is 9.18 Å². The highest BCUT2D eigenvalue weighted by molar-refractivity contribution is 6.33. The molecular weight excluding hydrogens is 331 g/mol. The number of pyridine rings is 1. The number of para-hydroxylation sites is 1. The van der Waals surface area contributed by atoms with E-state index in [1.807, 2.05) is 25.1 Å². The smallest absolute Gasteiger partial charge is 0.256 e. The van der Waals surface area contributed by atoms with Crippen molar-refractivity contribution in [2.24, 2.45) is 0 Å². The number of aromatic nitrogens is 1. The van der Waals surface area contributed by atoms with Crippen molar-refractivity contribution in [3.8, 4) is 0 Å². The van der Waals surface area contributed by atoms with Crippen LogP contribution in [0.25, 0.3) is 10.9 Å². The lowest BCUT2D eigenvalue weighted by atomic mass is 10.1. The monoisotopic (exact) mass is 344 g/mol. The van der Waals surface area contributed by atoms with Crippen LogP contribution in [0.2, 0.25) is 5.02 Å². The Bertz CT molecular complexity index is 978. The Morgan fingerprint density at radius 3 is 2.75 bits per heavy atom. The highest BCUT2D eigenvalue weighted by atomic mass is 35.5. The topological polar surface area (TPSA) is 62.0 Å². The van der Waals surface area contributed by atoms with Crippen LogP contribution < -0.4 is 10.9 Å². The maximum atomic E-state index is 13.7. The van der Waals surface area contributed by atoms with Crippen LogP contribution in [0.4, 0.5) is 4.39 Å². The molecule has 0 bridgehead atoms. The van der Waals surface area contributed by atoms with E-state index in [1.165, 1.54) is 12.1 Å². The van der Waals surface area contributed by atoms with Gasteiger partial charge < -0.3 is 10.3 Å². The zero-order valence-corrected chi connectivity index (χ0v) is 13.6. The lowest BCUT2D eigenvalue weighted by molar-refractivity contribution is 0.0947. The standard InChI is InChI=1S/C18H14ClFN2O2/c1-10-4-2-5-11-8-12(17(23)22-16(10)11)9-21-18(24)15-13(19)6-3-7-14(15)20/h2-8H,9H2,1H3,(H,21,24)(H,22,23). The number of H-pyrrole nitrogens is 1. The van der Waals surface area contributed by atoms with E-state index >= 15 is 0 Å². The van der Waals surface area contributed by atoms with Crippen LogP contribution in [0, 0.1) is 12.7 Å². The van der Waals surface area contributed by atoms with Gasteiger partial charge in [0.05, 0.1) is 16.1 Å². The molecule has 24 heavy (non-hydrogen) atoms. The number of carbonyl (C=O) groups is 1. The van der Waals surface area contributed by atoms with Gasteiger partial charge in [-0.15, -0.1) is 0 Å². The first-order valence-electron chi connectivity index (χ1n) is 7.31. The van der Waals surface area contributed by atoms with Gasteiger partial charge in [0.25, 0.3) is 11.5 Å². The summed E-state index contributed by atoms with van der Waals surface area (Å²) in [5.41, 5.74) is 1.57. The fourth-order valence-electron chi connectivity index (χ4n) is 2.54. The molecule has 122 valence electrons. The Morgan fingerprint density at radius 1 is 1.25 bits per heavy atom. The van der Waals surface area contributed by atoms with Gasteiger partial charge in [-0.05, 0) is 36.1 Å². The van der Waals surface area contributed by atoms with E-state index in [9.17, 15) is 14.0 Å². The third-order valence-corrected chi connectivity index (χ3v) is 4.11. The van der Waals surface area contributed by atoms with Crippen molar-refractivity contribution in [2.45, 2.75) is 13.5 Å². The molecule has 1 aromatic heterocycles. The minimum Gasteiger partial charge on any atom is -0.348 e. The number of aromatic amines is 1. The predicted molar refractivity (Wildman–Crippen MR) is 91.9 cm³/mol. The molecule has 0 aliphatic carbocycles. The van der Waals surface area contributed by atoms with Crippen molar-refractivity contribution >= 4 is 28.4 Å². The molecule has 0 saturated carbocycles. The van der Waals surface area contributed by atoms with Gasteiger partial charge in [0, 0.05) is 12.1 Å². The number of hydrogen-bond acceptors (Lipinski definition) is 2. The Hall–Kier alpha value is -2.66. The summed E-state index contributed by atoms with van der Waals surface area (Å²) in [6.45, 7) is 1.88. The molecule has 6 heteroatoms. The average molecular weight is 345 g/mol. The van der Waals surface area contributed by atoms with Gasteiger partial charge in [-0.25, -0.2) is 4.39 Å². The van der Waals surface area contributed by atoms with Gasteiger partial charge in [0.2, 0.25) is 0 Å². The lowest BCUT2D eigenvalue weighted by Gasteiger charge is -2.09. The Labute approximate surface area is 142 Å². The van der Waals surface area contributed by atoms with E-state index in [0.717, 1.165) is 22.5 Å². The number of aryl methyl sites for hydroxylation is 1. The zero-order valence-electron chi connectivity index (χ0n) is 12.8. The molecule has 2 aromatic carbocycles. The third-order valence-electron chi connectivity index (χ3n) is 3.79. The van der Waals surface area contributed by atoms with Crippen LogP contribution in [0.3, 0.4) is 0 Å². The van der Waals surface area contributed by atoms with E-state index in [2.05, 4.69) is 10.3 Å². The van der Waals surface area contributed by atoms with Crippen molar-refractivity contribution in [1.29, 1.82) is 0 Å². The van der Waals surface area contributed by atoms with Gasteiger partial charge in [-0.3, -0.25) is 9.59 Å². The number of carbonyl (C=O) groups excluding carboxylic acids is 1. The third kappa shape index (κ3) is 3.03. The number of fused-ring (bicyclic) bond motifs is 1. The molecule has 0 fully saturated rings. The molecule has 3 rings (SSSR count). The summed E-state index contributed by atoms with van der Waals surface area (Å²) in [7, 11) is 0. The molecular formula is C18H14ClFN2O2. The van der Waals surface area contributed by atoms with E-state index < -0.39 is 11.7 Å². The highest BCUT2D eigenvalue weighted by Gasteiger charge is 2.16. The largest absolute Gasteiger partial charge is 0.348 e. The van der Waals surface area contributed by atoms with Crippen LogP contribution in [0.1, 0.15) is 21.5 Å². The molecule has 0 saturated heterocycles. The number of halogens is 2. The second kappa shape index (κ2) is 6.45. The summed E-state index contributed by atoms with van der Waals surface area (Å²) >= 11 is 5.86. The van der Waals surface area contributed by atoms with Gasteiger partial charge >= 0.3 is 0 Å². The molecule has 0 spiro atoms. The number of benzene rings is 2. The summed E-state index contributed by atoms with van der Waals surface area (Å²) in [4.78, 5) is 27.1. The van der Waals surface area contributed by atoms with E-state index in [1.54, 1.807) is 6.07 Å². The number of hydrogen-bond donors (Lipinski definition) is 2. The number of amides is 1. The van der Waals surface area contributed by atoms with Crippen LogP contribution in [-0.2, 0) is 6.54 Å². The normalized spacial score (nSPS) is 10.8. The van der Waals surface area contributed by atoms with E-state index in [0.29, 0.717) is 5.56 Å². The van der Waals surface area contributed by atoms with Crippen molar-refractivity contribution in [2.75, 3.05) is 0 Å². The molecule has 0 radical (unpaired) electrons. The molecule has 0 atom stereocenters. The van der Waals surface area contributed by atoms with Crippen LogP contribution in [-0.4, -0.2) is 10.9 Å². The number of rotatable bonds is 3. The molecule has 0 aliphatic heterocycles. The molecule has 1 heterocycles. The second-order valence-corrected chi connectivity index (χ2v) is 5.85. The Morgan fingerprint density at radius 2 is 2.00 bits per heavy atom. The van der Waals surface area contributed by atoms with Gasteiger partial charge in [-0.2, -0.15) is 0 Å². The average Bonchev–Trinajstić information content (AvgIpc) is 2.54. The van der Waals surface area contributed by atoms with Gasteiger partial charge in [0.15, 0.2) is 0 Å². The molecule has 0 aliphatic rings. The summed E-state index contributed by atoms with van der Waals surface area (Å²) in [5.74, 6) is -1.37. The summed E-state index contributed by atoms with van der Waals surface area (Å²) < 4.78 is 13.7. The molecule has 2 N–H and O–H groups in total. The summed E-state index contributed by atoms with van der Waals surface area (Å²) in [6.07, 6.45) is 0. The van der Waals surface area contributed by atoms with Crippen molar-refractivity contribution in [3.63, 3.8) is 0 Å². The lowest BCUT2D eigenvalue weighted by Crippen LogP contribution is -2.27. The highest BCUT2D eigenvalue weighted by Crippen LogP contribution is 2.19. The zero-order chi connectivity index (χ0) is 17.3. The Kier molecular flexibility index (Phi) is 4.36. The molecule has 1 amide bonds. The SMILES string of the molecule is Cc1cccc2cc(CNC(=O)c3c(F)cccc3Cl)c(=O)[nH]c12. The van der Waals surface area contributed by atoms with Gasteiger partial charge in [-0.1, -0.05) is 35.9 Å². The molecule has 0 unspecified atom stereocenters. The van der Waals surface area contributed by atoms with Gasteiger partial charge in [0.1, 0.15) is 5.82 Å². The van der Waals surface area contributed by atoms with Crippen LogP contribution in [0.5, 0.6) is 0 Å². The maximum Gasteiger partial charge on any atom is 0.256 e. The minimum atomic E-state index is -0.706. The first-order chi connectivity index (χ1) is 11.5. The summed E-state index contributed by atoms with van der Waals surface area (Å²) in [5, 5.41) is 3.42. The van der Waals surface area contributed by atoms with E-state index in [-0.39, 0.29) is 22.7 Å². The number of nitrogens with one attached hydrogen (secondary N) is 2. The van der Waals surface area contributed by atoms with Crippen LogP contribution >= 0.6 is 11.6 Å². The Balaban J connectivity index is 1.87. The summed E-state index contributed by atoms with van der Waals surface area (Å²) in [6, 6.07) is 11.4. The quantitative estimate of drug-likeness (QED) is 0.763. The first kappa shape index (κ1) is 16.2. The first-order valence-corrected chi connectivity index (χ1v) is 7.69. The molecule has 3 aromatic rings.